The van der Waals surface area contributed by atoms with Crippen molar-refractivity contribution in [3.05, 3.63) is 30.1 Å². The maximum Gasteiger partial charge on any atom is 0.243 e. The van der Waals surface area contributed by atoms with Crippen molar-refractivity contribution in [3.8, 4) is 0 Å². The molecule has 9 heteroatoms. The van der Waals surface area contributed by atoms with Gasteiger partial charge in [0.1, 0.15) is 10.7 Å². The molecule has 1 aromatic carbocycles. The monoisotopic (exact) mass is 405 g/mol. The Morgan fingerprint density at radius 3 is 2.42 bits per heavy atom. The fourth-order valence-corrected chi connectivity index (χ4v) is 4.77. The molecule has 146 valence electrons. The lowest BCUT2D eigenvalue weighted by Crippen LogP contribution is -2.35. The van der Waals surface area contributed by atoms with Gasteiger partial charge in [-0.3, -0.25) is 4.79 Å². The highest BCUT2D eigenvalue weighted by atomic mass is 35.5. The second-order valence-electron chi connectivity index (χ2n) is 6.71. The highest BCUT2D eigenvalue weighted by molar-refractivity contribution is 7.89. The molecule has 0 spiro atoms. The molecule has 1 amide bonds. The number of benzene rings is 1. The van der Waals surface area contributed by atoms with Crippen LogP contribution >= 0.6 is 12.4 Å². The summed E-state index contributed by atoms with van der Waals surface area (Å²) in [5.74, 6) is 0.424. The SMILES string of the molecule is Cl.O=C(CCNS(=O)(=O)c1ccccc1F)N1CC[C@@H]2CNC[C@@H]2CC1. The van der Waals surface area contributed by atoms with Crippen molar-refractivity contribution in [3.63, 3.8) is 0 Å². The van der Waals surface area contributed by atoms with Crippen LogP contribution in [0, 0.1) is 17.7 Å². The molecule has 0 saturated carbocycles. The molecule has 2 heterocycles. The topological polar surface area (TPSA) is 78.5 Å². The molecule has 3 rings (SSSR count). The minimum atomic E-state index is -3.94. The average Bonchev–Trinajstić information content (AvgIpc) is 2.93. The van der Waals surface area contributed by atoms with E-state index in [1.54, 1.807) is 0 Å². The van der Waals surface area contributed by atoms with Crippen molar-refractivity contribution in [2.75, 3.05) is 32.7 Å². The normalized spacial score (nSPS) is 23.0. The predicted octanol–water partition coefficient (Wildman–Crippen LogP) is 1.37. The van der Waals surface area contributed by atoms with E-state index in [0.29, 0.717) is 11.8 Å². The zero-order chi connectivity index (χ0) is 17.9. The predicted molar refractivity (Wildman–Crippen MR) is 99.1 cm³/mol. The van der Waals surface area contributed by atoms with E-state index in [1.165, 1.54) is 18.2 Å². The van der Waals surface area contributed by atoms with Gasteiger partial charge in [-0.1, -0.05) is 12.1 Å². The van der Waals surface area contributed by atoms with Crippen LogP contribution in [0.15, 0.2) is 29.2 Å². The van der Waals surface area contributed by atoms with Gasteiger partial charge in [0.05, 0.1) is 0 Å². The second kappa shape index (κ2) is 9.12. The van der Waals surface area contributed by atoms with Gasteiger partial charge in [0.25, 0.3) is 0 Å². The Kier molecular flexibility index (Phi) is 7.40. The maximum atomic E-state index is 13.6. The maximum absolute atomic E-state index is 13.6. The summed E-state index contributed by atoms with van der Waals surface area (Å²) in [7, 11) is -3.94. The fraction of sp³-hybridized carbons (Fsp3) is 0.588. The van der Waals surface area contributed by atoms with E-state index >= 15 is 0 Å². The van der Waals surface area contributed by atoms with Gasteiger partial charge in [0, 0.05) is 26.1 Å². The number of nitrogens with one attached hydrogen (secondary N) is 2. The Hall–Kier alpha value is -1.22. The summed E-state index contributed by atoms with van der Waals surface area (Å²) in [6.45, 7) is 3.47. The first-order valence-corrected chi connectivity index (χ1v) is 10.2. The van der Waals surface area contributed by atoms with E-state index in [-0.39, 0.29) is 31.3 Å². The number of rotatable bonds is 5. The molecule has 2 fully saturated rings. The molecule has 0 aromatic heterocycles. The van der Waals surface area contributed by atoms with E-state index < -0.39 is 20.7 Å². The molecule has 0 radical (unpaired) electrons. The van der Waals surface area contributed by atoms with Crippen LogP contribution in [0.5, 0.6) is 0 Å². The molecule has 1 aromatic rings. The Labute approximate surface area is 160 Å². The number of sulfonamides is 1. The summed E-state index contributed by atoms with van der Waals surface area (Å²) in [5, 5.41) is 3.40. The highest BCUT2D eigenvalue weighted by Crippen LogP contribution is 2.27. The van der Waals surface area contributed by atoms with Crippen LogP contribution < -0.4 is 10.0 Å². The van der Waals surface area contributed by atoms with Crippen LogP contribution in [0.2, 0.25) is 0 Å². The second-order valence-corrected chi connectivity index (χ2v) is 8.45. The Bertz CT molecular complexity index is 718. The molecule has 2 atom stereocenters. The van der Waals surface area contributed by atoms with Gasteiger partial charge in [-0.15, -0.1) is 12.4 Å². The summed E-state index contributed by atoms with van der Waals surface area (Å²) in [6.07, 6.45) is 2.07. The third-order valence-electron chi connectivity index (χ3n) is 5.13. The largest absolute Gasteiger partial charge is 0.343 e. The molecule has 6 nitrogen and oxygen atoms in total. The number of likely N-dealkylation sites (tertiary alicyclic amines) is 1. The fourth-order valence-electron chi connectivity index (χ4n) is 3.66. The van der Waals surface area contributed by atoms with E-state index in [1.807, 2.05) is 4.90 Å². The smallest absolute Gasteiger partial charge is 0.243 e. The summed E-state index contributed by atoms with van der Waals surface area (Å²) in [5.41, 5.74) is 0. The zero-order valence-corrected chi connectivity index (χ0v) is 16.1. The number of hydrogen-bond acceptors (Lipinski definition) is 4. The first-order valence-electron chi connectivity index (χ1n) is 8.70. The molecule has 2 aliphatic rings. The molecular formula is C17H25ClFN3O3S. The summed E-state index contributed by atoms with van der Waals surface area (Å²) < 4.78 is 40.2. The van der Waals surface area contributed by atoms with Crippen molar-refractivity contribution < 1.29 is 17.6 Å². The molecular weight excluding hydrogens is 381 g/mol. The third kappa shape index (κ3) is 4.94. The van der Waals surface area contributed by atoms with Crippen molar-refractivity contribution in [1.29, 1.82) is 0 Å². The number of fused-ring (bicyclic) bond motifs is 1. The van der Waals surface area contributed by atoms with Crippen LogP contribution in [-0.4, -0.2) is 51.9 Å². The van der Waals surface area contributed by atoms with Gasteiger partial charge in [0.15, 0.2) is 0 Å². The molecule has 2 saturated heterocycles. The van der Waals surface area contributed by atoms with Gasteiger partial charge in [0.2, 0.25) is 15.9 Å². The van der Waals surface area contributed by atoms with E-state index in [4.69, 9.17) is 0 Å². The van der Waals surface area contributed by atoms with Crippen molar-refractivity contribution in [2.24, 2.45) is 11.8 Å². The first kappa shape index (κ1) is 21.1. The molecule has 0 aliphatic carbocycles. The van der Waals surface area contributed by atoms with Crippen LogP contribution in [0.4, 0.5) is 4.39 Å². The first-order chi connectivity index (χ1) is 12.0. The molecule has 2 aliphatic heterocycles. The molecule has 2 N–H and O–H groups in total. The van der Waals surface area contributed by atoms with Crippen molar-refractivity contribution in [2.45, 2.75) is 24.2 Å². The number of carbonyl (C=O) groups excluding carboxylic acids is 1. The van der Waals surface area contributed by atoms with Crippen LogP contribution in [0.1, 0.15) is 19.3 Å². The molecule has 26 heavy (non-hydrogen) atoms. The number of hydrogen-bond donors (Lipinski definition) is 2. The van der Waals surface area contributed by atoms with Gasteiger partial charge in [-0.25, -0.2) is 17.5 Å². The van der Waals surface area contributed by atoms with E-state index in [9.17, 15) is 17.6 Å². The number of carbonyl (C=O) groups is 1. The number of amides is 1. The van der Waals surface area contributed by atoms with Crippen LogP contribution in [-0.2, 0) is 14.8 Å². The lowest BCUT2D eigenvalue weighted by molar-refractivity contribution is -0.131. The quantitative estimate of drug-likeness (QED) is 0.775. The highest BCUT2D eigenvalue weighted by Gasteiger charge is 2.31. The van der Waals surface area contributed by atoms with Crippen LogP contribution in [0.25, 0.3) is 0 Å². The molecule has 0 unspecified atom stereocenters. The Balaban J connectivity index is 0.00000243. The van der Waals surface area contributed by atoms with Gasteiger partial charge < -0.3 is 10.2 Å². The standard InChI is InChI=1S/C17H24FN3O3S.ClH/c18-15-3-1-2-4-16(15)25(23,24)20-8-5-17(22)21-9-6-13-11-19-12-14(13)7-10-21;/h1-4,13-14,19-20H,5-12H2;1H/t13-,14+;. The van der Waals surface area contributed by atoms with Crippen molar-refractivity contribution >= 4 is 28.3 Å². The lowest BCUT2D eigenvalue weighted by atomic mass is 9.92. The molecule has 0 bridgehead atoms. The lowest BCUT2D eigenvalue weighted by Gasteiger charge is -2.21. The third-order valence-corrected chi connectivity index (χ3v) is 6.62. The summed E-state index contributed by atoms with van der Waals surface area (Å²) in [4.78, 5) is 13.8. The van der Waals surface area contributed by atoms with Gasteiger partial charge in [-0.2, -0.15) is 0 Å². The minimum absolute atomic E-state index is 0. The number of nitrogens with zero attached hydrogens (tertiary/aromatic N) is 1. The van der Waals surface area contributed by atoms with E-state index in [0.717, 1.165) is 45.1 Å². The zero-order valence-electron chi connectivity index (χ0n) is 14.5. The Morgan fingerprint density at radius 1 is 1.19 bits per heavy atom. The summed E-state index contributed by atoms with van der Waals surface area (Å²) in [6, 6.07) is 5.21. The van der Waals surface area contributed by atoms with E-state index in [2.05, 4.69) is 10.0 Å². The van der Waals surface area contributed by atoms with Gasteiger partial charge in [-0.05, 0) is 49.9 Å². The minimum Gasteiger partial charge on any atom is -0.343 e. The Morgan fingerprint density at radius 2 is 1.81 bits per heavy atom. The average molecular weight is 406 g/mol. The van der Waals surface area contributed by atoms with Crippen LogP contribution in [0.3, 0.4) is 0 Å². The summed E-state index contributed by atoms with van der Waals surface area (Å²) >= 11 is 0. The van der Waals surface area contributed by atoms with Crippen molar-refractivity contribution in [1.82, 2.24) is 14.9 Å². The van der Waals surface area contributed by atoms with Gasteiger partial charge >= 0.3 is 0 Å². The number of halogens is 2.